The van der Waals surface area contributed by atoms with Crippen LogP contribution in [0.15, 0.2) is 69.2 Å². The average Bonchev–Trinajstić information content (AvgIpc) is 2.82. The Hall–Kier alpha value is -4.41. The third-order valence-electron chi connectivity index (χ3n) is 4.74. The number of carbonyl (C=O) groups is 1. The van der Waals surface area contributed by atoms with Gasteiger partial charge >= 0.3 is 17.3 Å². The third kappa shape index (κ3) is 6.06. The van der Waals surface area contributed by atoms with E-state index in [1.165, 1.54) is 11.7 Å². The highest BCUT2D eigenvalue weighted by Gasteiger charge is 2.14. The average molecular weight is 451 g/mol. The molecule has 0 aliphatic carbocycles. The van der Waals surface area contributed by atoms with Crippen LogP contribution in [0.5, 0.6) is 0 Å². The number of nitrogens with zero attached hydrogens (tertiary/aromatic N) is 4. The van der Waals surface area contributed by atoms with E-state index < -0.39 is 17.3 Å². The lowest BCUT2D eigenvalue weighted by Crippen LogP contribution is -2.43. The summed E-state index contributed by atoms with van der Waals surface area (Å²) in [5, 5.41) is 2.95. The number of guanidine groups is 1. The van der Waals surface area contributed by atoms with Gasteiger partial charge in [-0.25, -0.2) is 19.0 Å². The topological polar surface area (TPSA) is 160 Å². The van der Waals surface area contributed by atoms with Crippen molar-refractivity contribution < 1.29 is 9.53 Å². The van der Waals surface area contributed by atoms with Crippen molar-refractivity contribution >= 4 is 17.9 Å². The summed E-state index contributed by atoms with van der Waals surface area (Å²) in [7, 11) is 1.30. The van der Waals surface area contributed by atoms with Crippen molar-refractivity contribution in [3.8, 4) is 0 Å². The first-order chi connectivity index (χ1) is 15.9. The summed E-state index contributed by atoms with van der Waals surface area (Å²) in [6, 6.07) is 15.8. The molecule has 0 spiro atoms. The molecule has 2 aromatic carbocycles. The Kier molecular flexibility index (Phi) is 7.58. The summed E-state index contributed by atoms with van der Waals surface area (Å²) < 4.78 is 7.13. The molecule has 1 aromatic heterocycles. The molecule has 0 aliphatic rings. The summed E-state index contributed by atoms with van der Waals surface area (Å²) in [6.45, 7) is 0.695. The number of methoxy groups -OCH3 is 1. The highest BCUT2D eigenvalue weighted by atomic mass is 16.5. The number of carbonyl (C=O) groups excluding carboxylic acids is 1. The molecular formula is C22H25N7O4. The fourth-order valence-electron chi connectivity index (χ4n) is 3.11. The molecule has 33 heavy (non-hydrogen) atoms. The molecule has 0 atom stereocenters. The Morgan fingerprint density at radius 2 is 1.64 bits per heavy atom. The number of benzene rings is 2. The van der Waals surface area contributed by atoms with Gasteiger partial charge in [0.2, 0.25) is 5.95 Å². The molecule has 3 aromatic rings. The molecule has 0 saturated heterocycles. The lowest BCUT2D eigenvalue weighted by atomic mass is 10.1. The van der Waals surface area contributed by atoms with Gasteiger partial charge in [-0.3, -0.25) is 9.56 Å². The van der Waals surface area contributed by atoms with Gasteiger partial charge in [0.1, 0.15) is 0 Å². The molecular weight excluding hydrogens is 426 g/mol. The predicted molar refractivity (Wildman–Crippen MR) is 124 cm³/mol. The van der Waals surface area contributed by atoms with Crippen LogP contribution >= 0.6 is 0 Å². The number of hydrogen-bond donors (Lipinski definition) is 3. The van der Waals surface area contributed by atoms with Crippen LogP contribution in [0, 0.1) is 0 Å². The maximum absolute atomic E-state index is 13.3. The number of anilines is 1. The van der Waals surface area contributed by atoms with Crippen molar-refractivity contribution in [1.29, 1.82) is 0 Å². The number of aliphatic imine (C=N–C) groups is 1. The molecule has 0 fully saturated rings. The smallest absolute Gasteiger partial charge is 0.355 e. The molecule has 1 heterocycles. The van der Waals surface area contributed by atoms with E-state index in [1.54, 1.807) is 24.3 Å². The van der Waals surface area contributed by atoms with Crippen LogP contribution in [-0.4, -0.2) is 46.2 Å². The van der Waals surface area contributed by atoms with E-state index >= 15 is 0 Å². The summed E-state index contributed by atoms with van der Waals surface area (Å²) >= 11 is 0. The van der Waals surface area contributed by atoms with Crippen molar-refractivity contribution in [2.24, 2.45) is 16.5 Å². The SMILES string of the molecule is COC(=O)c1ccc(Cn2c(NCCN=C(N)N)nc(=O)n(Cc3ccccc3)c2=O)cc1. The quantitative estimate of drug-likeness (QED) is 0.177. The van der Waals surface area contributed by atoms with Gasteiger partial charge in [-0.05, 0) is 23.3 Å². The number of esters is 1. The van der Waals surface area contributed by atoms with Gasteiger partial charge in [-0.15, -0.1) is 0 Å². The van der Waals surface area contributed by atoms with Gasteiger partial charge in [0.15, 0.2) is 5.96 Å². The second-order valence-corrected chi connectivity index (χ2v) is 7.08. The third-order valence-corrected chi connectivity index (χ3v) is 4.74. The first-order valence-electron chi connectivity index (χ1n) is 10.1. The zero-order chi connectivity index (χ0) is 23.8. The molecule has 11 heteroatoms. The van der Waals surface area contributed by atoms with Crippen molar-refractivity contribution in [3.05, 3.63) is 92.3 Å². The summed E-state index contributed by atoms with van der Waals surface area (Å²) in [5.41, 5.74) is 11.4. The number of nitrogens with one attached hydrogen (secondary N) is 1. The molecule has 5 N–H and O–H groups in total. The Morgan fingerprint density at radius 1 is 1.00 bits per heavy atom. The second-order valence-electron chi connectivity index (χ2n) is 7.08. The van der Waals surface area contributed by atoms with E-state index in [2.05, 4.69) is 15.3 Å². The van der Waals surface area contributed by atoms with Crippen LogP contribution in [0.1, 0.15) is 21.5 Å². The predicted octanol–water partition coefficient (Wildman–Crippen LogP) is -0.0265. The standard InChI is InChI=1S/C22H25N7O4/c1-33-18(30)17-9-7-16(8-10-17)13-28-20(26-12-11-25-19(23)24)27-21(31)29(22(28)32)14-15-5-3-2-4-6-15/h2-10H,11-14H2,1H3,(H4,23,24,25)(H,26,27,31). The highest BCUT2D eigenvalue weighted by Crippen LogP contribution is 2.09. The Labute approximate surface area is 189 Å². The zero-order valence-electron chi connectivity index (χ0n) is 18.1. The van der Waals surface area contributed by atoms with Crippen molar-refractivity contribution in [2.75, 3.05) is 25.5 Å². The number of nitrogens with two attached hydrogens (primary N) is 2. The van der Waals surface area contributed by atoms with Gasteiger partial charge in [-0.1, -0.05) is 42.5 Å². The summed E-state index contributed by atoms with van der Waals surface area (Å²) in [5.74, 6) is -0.429. The van der Waals surface area contributed by atoms with Crippen molar-refractivity contribution in [1.82, 2.24) is 14.1 Å². The Balaban J connectivity index is 1.96. The first kappa shape index (κ1) is 23.3. The maximum atomic E-state index is 13.3. The fourth-order valence-corrected chi connectivity index (χ4v) is 3.11. The molecule has 11 nitrogen and oxygen atoms in total. The van der Waals surface area contributed by atoms with Crippen LogP contribution in [0.2, 0.25) is 0 Å². The van der Waals surface area contributed by atoms with Crippen molar-refractivity contribution in [2.45, 2.75) is 13.1 Å². The minimum Gasteiger partial charge on any atom is -0.465 e. The van der Waals surface area contributed by atoms with Crippen LogP contribution < -0.4 is 28.2 Å². The minimum absolute atomic E-state index is 0.0638. The van der Waals surface area contributed by atoms with Gasteiger partial charge in [0.05, 0.1) is 32.3 Å². The Morgan fingerprint density at radius 3 is 2.27 bits per heavy atom. The monoisotopic (exact) mass is 451 g/mol. The van der Waals surface area contributed by atoms with E-state index in [9.17, 15) is 14.4 Å². The van der Waals surface area contributed by atoms with Crippen LogP contribution in [0.4, 0.5) is 5.95 Å². The summed E-state index contributed by atoms with van der Waals surface area (Å²) in [4.78, 5) is 45.6. The molecule has 172 valence electrons. The number of rotatable bonds is 9. The number of aromatic nitrogens is 3. The molecule has 3 rings (SSSR count). The first-order valence-corrected chi connectivity index (χ1v) is 10.1. The van der Waals surface area contributed by atoms with E-state index in [1.807, 2.05) is 30.3 Å². The van der Waals surface area contributed by atoms with E-state index in [4.69, 9.17) is 16.2 Å². The number of ether oxygens (including phenoxy) is 1. The largest absolute Gasteiger partial charge is 0.465 e. The van der Waals surface area contributed by atoms with Crippen molar-refractivity contribution in [3.63, 3.8) is 0 Å². The van der Waals surface area contributed by atoms with E-state index in [0.717, 1.165) is 15.7 Å². The van der Waals surface area contributed by atoms with E-state index in [0.29, 0.717) is 5.56 Å². The Bertz CT molecular complexity index is 1240. The van der Waals surface area contributed by atoms with Crippen LogP contribution in [0.3, 0.4) is 0 Å². The normalized spacial score (nSPS) is 10.5. The zero-order valence-corrected chi connectivity index (χ0v) is 18.1. The van der Waals surface area contributed by atoms with Crippen LogP contribution in [0.25, 0.3) is 0 Å². The van der Waals surface area contributed by atoms with E-state index in [-0.39, 0.29) is 38.1 Å². The fraction of sp³-hybridized carbons (Fsp3) is 0.227. The minimum atomic E-state index is -0.675. The van der Waals surface area contributed by atoms with Gasteiger partial charge < -0.3 is 21.5 Å². The lowest BCUT2D eigenvalue weighted by molar-refractivity contribution is 0.0600. The molecule has 0 aliphatic heterocycles. The second kappa shape index (κ2) is 10.8. The number of hydrogen-bond acceptors (Lipinski definition) is 7. The van der Waals surface area contributed by atoms with Gasteiger partial charge in [-0.2, -0.15) is 4.98 Å². The van der Waals surface area contributed by atoms with Crippen LogP contribution in [-0.2, 0) is 17.8 Å². The highest BCUT2D eigenvalue weighted by molar-refractivity contribution is 5.89. The molecule has 0 amide bonds. The molecule has 0 saturated carbocycles. The maximum Gasteiger partial charge on any atom is 0.355 e. The summed E-state index contributed by atoms with van der Waals surface area (Å²) in [6.07, 6.45) is 0. The van der Waals surface area contributed by atoms with Gasteiger partial charge in [0.25, 0.3) is 0 Å². The molecule has 0 bridgehead atoms. The molecule has 0 unspecified atom stereocenters. The van der Waals surface area contributed by atoms with Gasteiger partial charge in [0, 0.05) is 6.54 Å². The molecule has 0 radical (unpaired) electrons. The lowest BCUT2D eigenvalue weighted by Gasteiger charge is -2.15.